The molecule has 0 N–H and O–H groups in total. The Balaban J connectivity index is 2.44. The van der Waals surface area contributed by atoms with Gasteiger partial charge < -0.3 is 14.2 Å². The second-order valence-corrected chi connectivity index (χ2v) is 2.66. The van der Waals surface area contributed by atoms with Crippen LogP contribution in [0, 0.1) is 0 Å². The maximum absolute atomic E-state index is 11.3. The molecule has 0 aromatic heterocycles. The van der Waals surface area contributed by atoms with Crippen molar-refractivity contribution in [3.63, 3.8) is 0 Å². The first kappa shape index (κ1) is 10.2. The lowest BCUT2D eigenvalue weighted by atomic mass is 10.2. The summed E-state index contributed by atoms with van der Waals surface area (Å²) in [5.74, 6) is -0.328. The highest BCUT2D eigenvalue weighted by Gasteiger charge is 2.19. The van der Waals surface area contributed by atoms with Crippen LogP contribution in [0.1, 0.15) is 6.42 Å². The molecule has 1 saturated heterocycles. The van der Waals surface area contributed by atoms with Crippen molar-refractivity contribution in [2.24, 2.45) is 0 Å². The first-order valence-electron chi connectivity index (χ1n) is 4.31. The van der Waals surface area contributed by atoms with Gasteiger partial charge in [-0.3, -0.25) is 0 Å². The molecule has 1 aliphatic rings. The van der Waals surface area contributed by atoms with E-state index in [4.69, 9.17) is 14.2 Å². The molecule has 1 unspecified atom stereocenters. The maximum Gasteiger partial charge on any atom is 0.335 e. The molecule has 0 spiro atoms. The van der Waals surface area contributed by atoms with Gasteiger partial charge in [-0.2, -0.15) is 0 Å². The van der Waals surface area contributed by atoms with Gasteiger partial charge in [-0.15, -0.1) is 6.58 Å². The van der Waals surface area contributed by atoms with E-state index in [2.05, 4.69) is 6.58 Å². The maximum atomic E-state index is 11.3. The highest BCUT2D eigenvalue weighted by Crippen LogP contribution is 2.04. The lowest BCUT2D eigenvalue weighted by molar-refractivity contribution is -0.155. The van der Waals surface area contributed by atoms with Gasteiger partial charge in [-0.05, 0) is 0 Å². The van der Waals surface area contributed by atoms with E-state index in [-0.39, 0.29) is 5.97 Å². The fourth-order valence-corrected chi connectivity index (χ4v) is 1.03. The number of carbonyl (C=O) groups is 1. The lowest BCUT2D eigenvalue weighted by Crippen LogP contribution is -2.26. The summed E-state index contributed by atoms with van der Waals surface area (Å²) in [5, 5.41) is 0. The fourth-order valence-electron chi connectivity index (χ4n) is 1.03. The second-order valence-electron chi connectivity index (χ2n) is 2.66. The van der Waals surface area contributed by atoms with Gasteiger partial charge in [0.2, 0.25) is 0 Å². The van der Waals surface area contributed by atoms with E-state index in [1.165, 1.54) is 0 Å². The molecular weight excluding hydrogens is 172 g/mol. The van der Waals surface area contributed by atoms with Crippen LogP contribution in [0.4, 0.5) is 0 Å². The average Bonchev–Trinajstić information content (AvgIpc) is 2.21. The number of hydrogen-bond donors (Lipinski definition) is 0. The molecule has 4 heteroatoms. The molecule has 0 aromatic carbocycles. The molecule has 0 saturated carbocycles. The topological polar surface area (TPSA) is 44.8 Å². The van der Waals surface area contributed by atoms with Crippen molar-refractivity contribution in [3.05, 3.63) is 12.7 Å². The first-order chi connectivity index (χ1) is 6.34. The fraction of sp³-hybridized carbons (Fsp3) is 0.667. The van der Waals surface area contributed by atoms with Gasteiger partial charge in [0.25, 0.3) is 0 Å². The minimum absolute atomic E-state index is 0.301. The summed E-state index contributed by atoms with van der Waals surface area (Å²) in [5.41, 5.74) is 0. The van der Waals surface area contributed by atoms with Gasteiger partial charge in [-0.25, -0.2) is 4.79 Å². The van der Waals surface area contributed by atoms with E-state index in [1.54, 1.807) is 6.08 Å². The summed E-state index contributed by atoms with van der Waals surface area (Å²) in [6.45, 7) is 5.22. The van der Waals surface area contributed by atoms with Gasteiger partial charge >= 0.3 is 5.97 Å². The summed E-state index contributed by atoms with van der Waals surface area (Å²) in [6.07, 6.45) is 1.61. The van der Waals surface area contributed by atoms with Gasteiger partial charge in [0.1, 0.15) is 6.61 Å². The largest absolute Gasteiger partial charge is 0.461 e. The van der Waals surface area contributed by atoms with Crippen LogP contribution < -0.4 is 0 Å². The monoisotopic (exact) mass is 186 g/mol. The molecule has 1 aliphatic heterocycles. The smallest absolute Gasteiger partial charge is 0.335 e. The number of carbonyl (C=O) groups excluding carboxylic acids is 1. The lowest BCUT2D eigenvalue weighted by Gasteiger charge is -2.12. The predicted octanol–water partition coefficient (Wildman–Crippen LogP) is 0.521. The summed E-state index contributed by atoms with van der Waals surface area (Å²) in [7, 11) is 0. The van der Waals surface area contributed by atoms with Crippen molar-refractivity contribution in [3.8, 4) is 0 Å². The first-order valence-corrected chi connectivity index (χ1v) is 4.31. The zero-order valence-electron chi connectivity index (χ0n) is 7.53. The molecule has 0 radical (unpaired) electrons. The van der Waals surface area contributed by atoms with Crippen molar-refractivity contribution in [2.45, 2.75) is 12.5 Å². The minimum atomic E-state index is -0.515. The third-order valence-corrected chi connectivity index (χ3v) is 1.66. The molecule has 1 heterocycles. The van der Waals surface area contributed by atoms with E-state index in [0.29, 0.717) is 32.8 Å². The molecule has 4 nitrogen and oxygen atoms in total. The van der Waals surface area contributed by atoms with Gasteiger partial charge in [0.05, 0.1) is 19.8 Å². The third-order valence-electron chi connectivity index (χ3n) is 1.66. The third kappa shape index (κ3) is 3.57. The molecule has 0 aliphatic carbocycles. The number of esters is 1. The number of ether oxygens (including phenoxy) is 3. The van der Waals surface area contributed by atoms with Crippen molar-refractivity contribution in [1.82, 2.24) is 0 Å². The SMILES string of the molecule is C=CCC1OCCOCCOC1=O. The Morgan fingerprint density at radius 2 is 2.15 bits per heavy atom. The van der Waals surface area contributed by atoms with Gasteiger partial charge in [0.15, 0.2) is 6.10 Å². The molecule has 1 atom stereocenters. The molecule has 0 bridgehead atoms. The Morgan fingerprint density at radius 3 is 2.92 bits per heavy atom. The summed E-state index contributed by atoms with van der Waals surface area (Å²) < 4.78 is 15.2. The average molecular weight is 186 g/mol. The molecule has 0 amide bonds. The van der Waals surface area contributed by atoms with Crippen LogP contribution in [0.3, 0.4) is 0 Å². The minimum Gasteiger partial charge on any atom is -0.461 e. The van der Waals surface area contributed by atoms with Crippen LogP contribution in [0.2, 0.25) is 0 Å². The zero-order chi connectivity index (χ0) is 9.52. The van der Waals surface area contributed by atoms with E-state index >= 15 is 0 Å². The van der Waals surface area contributed by atoms with Crippen LogP contribution >= 0.6 is 0 Å². The van der Waals surface area contributed by atoms with E-state index in [0.717, 1.165) is 0 Å². The molecule has 0 aromatic rings. The number of cyclic esters (lactones) is 1. The highest BCUT2D eigenvalue weighted by atomic mass is 16.6. The molecule has 74 valence electrons. The summed E-state index contributed by atoms with van der Waals surface area (Å²) >= 11 is 0. The van der Waals surface area contributed by atoms with Crippen LogP contribution in [0.25, 0.3) is 0 Å². The van der Waals surface area contributed by atoms with Crippen molar-refractivity contribution >= 4 is 5.97 Å². The van der Waals surface area contributed by atoms with Crippen molar-refractivity contribution in [2.75, 3.05) is 26.4 Å². The Labute approximate surface area is 77.5 Å². The summed E-state index contributed by atoms with van der Waals surface area (Å²) in [4.78, 5) is 11.3. The Hall–Kier alpha value is -0.870. The van der Waals surface area contributed by atoms with Gasteiger partial charge in [-0.1, -0.05) is 6.08 Å². The Bertz CT molecular complexity index is 178. The highest BCUT2D eigenvalue weighted by molar-refractivity contribution is 5.74. The Morgan fingerprint density at radius 1 is 1.38 bits per heavy atom. The summed E-state index contributed by atoms with van der Waals surface area (Å²) in [6, 6.07) is 0. The van der Waals surface area contributed by atoms with Crippen LogP contribution in [0.5, 0.6) is 0 Å². The normalized spacial score (nSPS) is 25.2. The standard InChI is InChI=1S/C9H14O4/c1-2-3-8-9(10)13-7-5-11-4-6-12-8/h2,8H,1,3-7H2. The van der Waals surface area contributed by atoms with E-state index < -0.39 is 6.10 Å². The van der Waals surface area contributed by atoms with Crippen LogP contribution in [0.15, 0.2) is 12.7 Å². The van der Waals surface area contributed by atoms with Crippen LogP contribution in [-0.2, 0) is 19.0 Å². The van der Waals surface area contributed by atoms with Crippen molar-refractivity contribution < 1.29 is 19.0 Å². The predicted molar refractivity (Wildman–Crippen MR) is 46.3 cm³/mol. The van der Waals surface area contributed by atoms with E-state index in [9.17, 15) is 4.79 Å². The number of hydrogen-bond acceptors (Lipinski definition) is 4. The van der Waals surface area contributed by atoms with Gasteiger partial charge in [0, 0.05) is 6.42 Å². The van der Waals surface area contributed by atoms with Crippen LogP contribution in [-0.4, -0.2) is 38.5 Å². The Kier molecular flexibility index (Phi) is 4.49. The van der Waals surface area contributed by atoms with Crippen molar-refractivity contribution in [1.29, 1.82) is 0 Å². The molecular formula is C9H14O4. The molecule has 1 fully saturated rings. The van der Waals surface area contributed by atoms with E-state index in [1.807, 2.05) is 0 Å². The molecule has 13 heavy (non-hydrogen) atoms. The quantitative estimate of drug-likeness (QED) is 0.466. The zero-order valence-corrected chi connectivity index (χ0v) is 7.53. The second kappa shape index (κ2) is 5.72. The number of rotatable bonds is 2. The molecule has 1 rings (SSSR count).